The van der Waals surface area contributed by atoms with Crippen LogP contribution >= 0.6 is 0 Å². The topological polar surface area (TPSA) is 154 Å². The van der Waals surface area contributed by atoms with E-state index in [4.69, 9.17) is 19.6 Å². The molecule has 2 fully saturated rings. The second-order valence-electron chi connectivity index (χ2n) is 11.5. The maximum atomic E-state index is 13.2. The maximum absolute atomic E-state index is 13.2. The van der Waals surface area contributed by atoms with Gasteiger partial charge < -0.3 is 11.1 Å². The molecule has 3 aliphatic carbocycles. The number of amides is 1. The fourth-order valence-electron chi connectivity index (χ4n) is 5.67. The van der Waals surface area contributed by atoms with Gasteiger partial charge >= 0.3 is 10.4 Å². The summed E-state index contributed by atoms with van der Waals surface area (Å²) in [4.78, 5) is 25.4. The molecule has 2 saturated carbocycles. The number of carbonyl (C=O) groups is 2. The number of carbonyl (C=O) groups excluding carboxylic acids is 2. The van der Waals surface area contributed by atoms with Crippen LogP contribution in [0.15, 0.2) is 18.2 Å². The van der Waals surface area contributed by atoms with Gasteiger partial charge in [-0.3, -0.25) is 14.1 Å². The lowest BCUT2D eigenvalue weighted by Gasteiger charge is -2.30. The van der Waals surface area contributed by atoms with Crippen LogP contribution in [0.1, 0.15) is 90.9 Å². The van der Waals surface area contributed by atoms with Crippen LogP contribution in [0.3, 0.4) is 0 Å². The number of Topliss-reactive ketones (excluding diaryl/α,β-unsaturated/α-hetero) is 1. The molecule has 0 saturated heterocycles. The van der Waals surface area contributed by atoms with Crippen LogP contribution in [0, 0.1) is 11.3 Å². The van der Waals surface area contributed by atoms with Crippen LogP contribution in [0.4, 0.5) is 5.69 Å². The second kappa shape index (κ2) is 9.52. The van der Waals surface area contributed by atoms with E-state index in [1.54, 1.807) is 6.07 Å². The summed E-state index contributed by atoms with van der Waals surface area (Å²) >= 11 is 0. The van der Waals surface area contributed by atoms with Gasteiger partial charge in [-0.2, -0.15) is 13.5 Å². The lowest BCUT2D eigenvalue weighted by molar-refractivity contribution is 0.0909. The first-order chi connectivity index (χ1) is 17.4. The number of nitrogens with zero attached hydrogens (tertiary/aromatic N) is 2. The average molecular weight is 531 g/mol. The van der Waals surface area contributed by atoms with Crippen molar-refractivity contribution >= 4 is 27.8 Å². The Bertz CT molecular complexity index is 1340. The molecule has 0 unspecified atom stereocenters. The molecule has 1 aromatic carbocycles. The van der Waals surface area contributed by atoms with Crippen molar-refractivity contribution < 1.29 is 26.7 Å². The van der Waals surface area contributed by atoms with Gasteiger partial charge in [0.2, 0.25) is 0 Å². The van der Waals surface area contributed by atoms with Crippen molar-refractivity contribution in [3.63, 3.8) is 0 Å². The Morgan fingerprint density at radius 1 is 1.19 bits per heavy atom. The summed E-state index contributed by atoms with van der Waals surface area (Å²) in [5.74, 6) is 0.166. The summed E-state index contributed by atoms with van der Waals surface area (Å²) < 4.78 is 37.6. The van der Waals surface area contributed by atoms with E-state index >= 15 is 0 Å². The molecule has 10 nitrogen and oxygen atoms in total. The predicted octanol–water partition coefficient (Wildman–Crippen LogP) is 3.62. The van der Waals surface area contributed by atoms with Crippen molar-refractivity contribution in [1.82, 2.24) is 9.78 Å². The Balaban J connectivity index is 1.45. The highest BCUT2D eigenvalue weighted by atomic mass is 32.3. The fraction of sp³-hybridized carbons (Fsp3) is 0.577. The van der Waals surface area contributed by atoms with Crippen molar-refractivity contribution in [2.45, 2.75) is 83.8 Å². The Morgan fingerprint density at radius 2 is 1.89 bits per heavy atom. The van der Waals surface area contributed by atoms with Gasteiger partial charge in [-0.25, -0.2) is 8.86 Å². The van der Waals surface area contributed by atoms with Gasteiger partial charge in [-0.05, 0) is 80.9 Å². The second-order valence-corrected chi connectivity index (χ2v) is 12.6. The smallest absolute Gasteiger partial charge is 0.382 e. The number of hydrogen-bond donors (Lipinski definition) is 3. The number of rotatable bonds is 8. The van der Waals surface area contributed by atoms with Crippen molar-refractivity contribution in [3.8, 4) is 5.69 Å². The number of hydrogen-bond acceptors (Lipinski definition) is 7. The average Bonchev–Trinajstić information content (AvgIpc) is 3.53. The summed E-state index contributed by atoms with van der Waals surface area (Å²) in [7, 11) is -4.49. The molecule has 1 aromatic heterocycles. The van der Waals surface area contributed by atoms with Crippen LogP contribution < -0.4 is 11.1 Å². The van der Waals surface area contributed by atoms with Gasteiger partial charge in [0.15, 0.2) is 5.78 Å². The van der Waals surface area contributed by atoms with E-state index < -0.39 is 22.4 Å². The standard InChI is InChI=1S/C26H34N4O6S/c1-26(2)13-22-24(23(31)14-26)21(11-15-3-4-15)29-30(22)17-7-10-19(25(27)32)20(12-17)28-16-5-8-18(9-6-16)36-37(33,34)35/h7,10,12,15-16,18,28H,3-6,8-9,11,13-14H2,1-2H3,(H2,27,32)(H,33,34,35). The van der Waals surface area contributed by atoms with Crippen LogP contribution in [0.2, 0.25) is 0 Å². The SMILES string of the molecule is CC1(C)CC(=O)c2c(CC3CC3)nn(-c3ccc(C(N)=O)c(NC4CCC(OS(=O)(=O)O)CC4)c3)c2C1. The molecule has 2 aromatic rings. The van der Waals surface area contributed by atoms with Crippen molar-refractivity contribution in [3.05, 3.63) is 40.7 Å². The number of nitrogens with one attached hydrogen (secondary N) is 1. The third kappa shape index (κ3) is 5.89. The van der Waals surface area contributed by atoms with Crippen LogP contribution in [0.5, 0.6) is 0 Å². The van der Waals surface area contributed by atoms with E-state index in [1.165, 1.54) is 12.8 Å². The summed E-state index contributed by atoms with van der Waals surface area (Å²) in [6.45, 7) is 4.19. The minimum absolute atomic E-state index is 0.0351. The fourth-order valence-corrected chi connectivity index (χ4v) is 6.21. The van der Waals surface area contributed by atoms with Crippen molar-refractivity contribution in [2.24, 2.45) is 17.1 Å². The highest BCUT2D eigenvalue weighted by molar-refractivity contribution is 7.80. The van der Waals surface area contributed by atoms with Gasteiger partial charge in [0.05, 0.1) is 34.3 Å². The predicted molar refractivity (Wildman–Crippen MR) is 137 cm³/mol. The number of anilines is 1. The molecule has 0 bridgehead atoms. The number of fused-ring (bicyclic) bond motifs is 1. The number of primary amides is 1. The number of aromatic nitrogens is 2. The van der Waals surface area contributed by atoms with Crippen LogP contribution in [-0.4, -0.2) is 46.6 Å². The monoisotopic (exact) mass is 530 g/mol. The van der Waals surface area contributed by atoms with E-state index in [1.807, 2.05) is 16.8 Å². The van der Waals surface area contributed by atoms with E-state index in [0.717, 1.165) is 35.5 Å². The third-order valence-electron chi connectivity index (χ3n) is 7.60. The van der Waals surface area contributed by atoms with Gasteiger partial charge in [0.1, 0.15) is 0 Å². The van der Waals surface area contributed by atoms with E-state index in [-0.39, 0.29) is 17.2 Å². The summed E-state index contributed by atoms with van der Waals surface area (Å²) in [5.41, 5.74) is 9.70. The highest BCUT2D eigenvalue weighted by Gasteiger charge is 2.38. The molecule has 1 amide bonds. The Hall–Kier alpha value is -2.76. The molecule has 4 N–H and O–H groups in total. The van der Waals surface area contributed by atoms with Gasteiger partial charge in [-0.15, -0.1) is 0 Å². The van der Waals surface area contributed by atoms with Crippen molar-refractivity contribution in [1.29, 1.82) is 0 Å². The van der Waals surface area contributed by atoms with Crippen LogP contribution in [0.25, 0.3) is 5.69 Å². The summed E-state index contributed by atoms with van der Waals surface area (Å²) in [6.07, 6.45) is 5.86. The molecule has 0 aliphatic heterocycles. The number of benzene rings is 1. The number of nitrogens with two attached hydrogens (primary N) is 1. The molecule has 1 heterocycles. The molecular weight excluding hydrogens is 496 g/mol. The Kier molecular flexibility index (Phi) is 6.66. The minimum atomic E-state index is -4.49. The summed E-state index contributed by atoms with van der Waals surface area (Å²) in [5, 5.41) is 8.32. The quantitative estimate of drug-likeness (QED) is 0.437. The lowest BCUT2D eigenvalue weighted by atomic mass is 9.75. The molecule has 0 spiro atoms. The number of ketones is 1. The molecular formula is C26H34N4O6S. The molecule has 37 heavy (non-hydrogen) atoms. The first-order valence-electron chi connectivity index (χ1n) is 12.9. The summed E-state index contributed by atoms with van der Waals surface area (Å²) in [6, 6.07) is 5.30. The van der Waals surface area contributed by atoms with Gasteiger partial charge in [0.25, 0.3) is 5.91 Å². The zero-order valence-corrected chi connectivity index (χ0v) is 22.0. The maximum Gasteiger partial charge on any atom is 0.397 e. The molecule has 200 valence electrons. The normalized spacial score (nSPS) is 23.5. The molecule has 11 heteroatoms. The van der Waals surface area contributed by atoms with Crippen LogP contribution in [-0.2, 0) is 27.4 Å². The van der Waals surface area contributed by atoms with E-state index in [9.17, 15) is 18.0 Å². The van der Waals surface area contributed by atoms with E-state index in [2.05, 4.69) is 19.2 Å². The largest absolute Gasteiger partial charge is 0.397 e. The molecule has 0 atom stereocenters. The molecule has 5 rings (SSSR count). The van der Waals surface area contributed by atoms with Gasteiger partial charge in [-0.1, -0.05) is 13.8 Å². The highest BCUT2D eigenvalue weighted by Crippen LogP contribution is 2.40. The lowest BCUT2D eigenvalue weighted by Crippen LogP contribution is -2.31. The van der Waals surface area contributed by atoms with Crippen molar-refractivity contribution in [2.75, 3.05) is 5.32 Å². The Morgan fingerprint density at radius 3 is 2.51 bits per heavy atom. The first kappa shape index (κ1) is 25.9. The third-order valence-corrected chi connectivity index (χ3v) is 8.12. The molecule has 3 aliphatic rings. The van der Waals surface area contributed by atoms with E-state index in [0.29, 0.717) is 49.3 Å². The van der Waals surface area contributed by atoms with Gasteiger partial charge in [0, 0.05) is 18.2 Å². The zero-order valence-electron chi connectivity index (χ0n) is 21.2. The first-order valence-corrected chi connectivity index (χ1v) is 14.3. The molecule has 0 radical (unpaired) electrons. The minimum Gasteiger partial charge on any atom is -0.382 e. The zero-order chi connectivity index (χ0) is 26.5. The Labute approximate surface area is 216 Å².